The minimum atomic E-state index is 0.745. The van der Waals surface area contributed by atoms with Gasteiger partial charge in [0.15, 0.2) is 0 Å². The van der Waals surface area contributed by atoms with Crippen LogP contribution in [0.1, 0.15) is 43.6 Å². The first-order valence-electron chi connectivity index (χ1n) is 6.70. The highest BCUT2D eigenvalue weighted by Crippen LogP contribution is 2.38. The summed E-state index contributed by atoms with van der Waals surface area (Å²) in [5, 5.41) is 3.69. The molecule has 0 bridgehead atoms. The van der Waals surface area contributed by atoms with E-state index in [-0.39, 0.29) is 0 Å². The van der Waals surface area contributed by atoms with Crippen molar-refractivity contribution in [2.45, 2.75) is 44.1 Å². The lowest BCUT2D eigenvalue weighted by Crippen LogP contribution is -2.23. The molecule has 0 heterocycles. The Morgan fingerprint density at radius 1 is 1.06 bits per heavy atom. The molecule has 16 heavy (non-hydrogen) atoms. The van der Waals surface area contributed by atoms with Gasteiger partial charge in [-0.05, 0) is 36.7 Å². The van der Waals surface area contributed by atoms with Crippen molar-refractivity contribution in [2.75, 3.05) is 6.54 Å². The van der Waals surface area contributed by atoms with E-state index in [4.69, 9.17) is 0 Å². The molecule has 1 N–H and O–H groups in total. The molecule has 1 aromatic carbocycles. The van der Waals surface area contributed by atoms with Crippen molar-refractivity contribution in [1.82, 2.24) is 5.32 Å². The smallest absolute Gasteiger partial charge is 0.00684 e. The maximum atomic E-state index is 3.69. The average molecular weight is 215 g/mol. The fourth-order valence-corrected chi connectivity index (χ4v) is 2.41. The van der Waals surface area contributed by atoms with Gasteiger partial charge in [-0.25, -0.2) is 0 Å². The molecule has 2 aliphatic carbocycles. The van der Waals surface area contributed by atoms with Gasteiger partial charge in [0.1, 0.15) is 0 Å². The summed E-state index contributed by atoms with van der Waals surface area (Å²) in [7, 11) is 0. The Labute approximate surface area is 98.3 Å². The van der Waals surface area contributed by atoms with Crippen LogP contribution < -0.4 is 5.32 Å². The molecule has 3 rings (SSSR count). The number of hydrogen-bond donors (Lipinski definition) is 1. The monoisotopic (exact) mass is 215 g/mol. The molecule has 1 heteroatoms. The van der Waals surface area contributed by atoms with Gasteiger partial charge >= 0.3 is 0 Å². The molecule has 0 amide bonds. The van der Waals surface area contributed by atoms with Crippen LogP contribution in [0, 0.1) is 5.92 Å². The molecule has 2 saturated carbocycles. The third-order valence-electron chi connectivity index (χ3n) is 3.82. The van der Waals surface area contributed by atoms with E-state index in [0.717, 1.165) is 17.9 Å². The summed E-state index contributed by atoms with van der Waals surface area (Å²) in [6.07, 6.45) is 7.11. The first-order chi connectivity index (χ1) is 7.92. The minimum Gasteiger partial charge on any atom is -0.313 e. The molecule has 0 spiro atoms. The van der Waals surface area contributed by atoms with Gasteiger partial charge in [-0.3, -0.25) is 0 Å². The molecule has 0 saturated heterocycles. The van der Waals surface area contributed by atoms with Crippen molar-refractivity contribution in [3.63, 3.8) is 0 Å². The lowest BCUT2D eigenvalue weighted by atomic mass is 9.93. The van der Waals surface area contributed by atoms with Crippen LogP contribution in [0.15, 0.2) is 30.3 Å². The Morgan fingerprint density at radius 2 is 1.81 bits per heavy atom. The zero-order chi connectivity index (χ0) is 10.8. The van der Waals surface area contributed by atoms with Gasteiger partial charge in [-0.1, -0.05) is 43.2 Å². The zero-order valence-electron chi connectivity index (χ0n) is 9.86. The zero-order valence-corrected chi connectivity index (χ0v) is 9.86. The minimum absolute atomic E-state index is 0.745. The molecule has 0 aromatic heterocycles. The molecule has 1 nitrogen and oxygen atoms in total. The van der Waals surface area contributed by atoms with Crippen LogP contribution >= 0.6 is 0 Å². The van der Waals surface area contributed by atoms with Crippen LogP contribution in [-0.2, 0) is 0 Å². The van der Waals surface area contributed by atoms with Crippen molar-refractivity contribution in [2.24, 2.45) is 5.92 Å². The van der Waals surface area contributed by atoms with E-state index < -0.39 is 0 Å². The van der Waals surface area contributed by atoms with Crippen molar-refractivity contribution < 1.29 is 0 Å². The number of rotatable bonds is 6. The standard InChI is InChI=1S/C15H21N/c1-2-4-13(5-3-1)14(10-12-6-7-12)11-16-15-8-9-15/h1-5,12,14-16H,6-11H2. The molecule has 2 fully saturated rings. The van der Waals surface area contributed by atoms with Crippen LogP contribution in [0.2, 0.25) is 0 Å². The Balaban J connectivity index is 1.62. The van der Waals surface area contributed by atoms with Crippen molar-refractivity contribution >= 4 is 0 Å². The number of nitrogens with one attached hydrogen (secondary N) is 1. The fraction of sp³-hybridized carbons (Fsp3) is 0.600. The second kappa shape index (κ2) is 4.58. The maximum absolute atomic E-state index is 3.69. The van der Waals surface area contributed by atoms with Crippen LogP contribution in [0.5, 0.6) is 0 Å². The first-order valence-corrected chi connectivity index (χ1v) is 6.70. The van der Waals surface area contributed by atoms with Gasteiger partial charge in [-0.2, -0.15) is 0 Å². The highest BCUT2D eigenvalue weighted by molar-refractivity contribution is 5.20. The second-order valence-electron chi connectivity index (χ2n) is 5.47. The van der Waals surface area contributed by atoms with Gasteiger partial charge in [0, 0.05) is 12.6 Å². The lowest BCUT2D eigenvalue weighted by molar-refractivity contribution is 0.521. The largest absolute Gasteiger partial charge is 0.313 e. The maximum Gasteiger partial charge on any atom is 0.00684 e. The van der Waals surface area contributed by atoms with Gasteiger partial charge in [0.2, 0.25) is 0 Å². The molecular formula is C15H21N. The summed E-state index contributed by atoms with van der Waals surface area (Å²) in [4.78, 5) is 0. The molecule has 86 valence electrons. The van der Waals surface area contributed by atoms with E-state index in [1.54, 1.807) is 0 Å². The summed E-state index contributed by atoms with van der Waals surface area (Å²) >= 11 is 0. The summed E-state index contributed by atoms with van der Waals surface area (Å²) in [6, 6.07) is 11.9. The van der Waals surface area contributed by atoms with Gasteiger partial charge in [0.25, 0.3) is 0 Å². The van der Waals surface area contributed by atoms with Crippen molar-refractivity contribution in [3.05, 3.63) is 35.9 Å². The fourth-order valence-electron chi connectivity index (χ4n) is 2.41. The molecule has 2 aliphatic rings. The highest BCUT2D eigenvalue weighted by Gasteiger charge is 2.28. The predicted octanol–water partition coefficient (Wildman–Crippen LogP) is 3.32. The molecule has 0 radical (unpaired) electrons. The van der Waals surface area contributed by atoms with Gasteiger partial charge < -0.3 is 5.32 Å². The summed E-state index contributed by atoms with van der Waals surface area (Å²) in [5.41, 5.74) is 1.53. The Kier molecular flexibility index (Phi) is 2.96. The highest BCUT2D eigenvalue weighted by atomic mass is 14.9. The average Bonchev–Trinajstić information content (AvgIpc) is 3.19. The van der Waals surface area contributed by atoms with Gasteiger partial charge in [-0.15, -0.1) is 0 Å². The molecule has 1 aromatic rings. The van der Waals surface area contributed by atoms with E-state index >= 15 is 0 Å². The van der Waals surface area contributed by atoms with E-state index in [1.165, 1.54) is 44.2 Å². The van der Waals surface area contributed by atoms with Crippen LogP contribution in [0.4, 0.5) is 0 Å². The number of benzene rings is 1. The van der Waals surface area contributed by atoms with E-state index in [2.05, 4.69) is 35.6 Å². The summed E-state index contributed by atoms with van der Waals surface area (Å²) in [5.74, 6) is 1.76. The van der Waals surface area contributed by atoms with E-state index in [9.17, 15) is 0 Å². The molecule has 1 atom stereocenters. The summed E-state index contributed by atoms with van der Waals surface area (Å²) in [6.45, 7) is 1.19. The van der Waals surface area contributed by atoms with Gasteiger partial charge in [0.05, 0.1) is 0 Å². The lowest BCUT2D eigenvalue weighted by Gasteiger charge is -2.17. The summed E-state index contributed by atoms with van der Waals surface area (Å²) < 4.78 is 0. The van der Waals surface area contributed by atoms with Crippen molar-refractivity contribution in [1.29, 1.82) is 0 Å². The first kappa shape index (κ1) is 10.3. The van der Waals surface area contributed by atoms with Crippen LogP contribution in [0.25, 0.3) is 0 Å². The van der Waals surface area contributed by atoms with E-state index in [1.807, 2.05) is 0 Å². The van der Waals surface area contributed by atoms with E-state index in [0.29, 0.717) is 0 Å². The Morgan fingerprint density at radius 3 is 2.44 bits per heavy atom. The van der Waals surface area contributed by atoms with Crippen LogP contribution in [0.3, 0.4) is 0 Å². The third-order valence-corrected chi connectivity index (χ3v) is 3.82. The quantitative estimate of drug-likeness (QED) is 0.767. The number of hydrogen-bond acceptors (Lipinski definition) is 1. The normalized spacial score (nSPS) is 22.0. The third kappa shape index (κ3) is 2.85. The molecular weight excluding hydrogens is 194 g/mol. The molecule has 1 unspecified atom stereocenters. The van der Waals surface area contributed by atoms with Crippen LogP contribution in [-0.4, -0.2) is 12.6 Å². The van der Waals surface area contributed by atoms with Crippen molar-refractivity contribution in [3.8, 4) is 0 Å². The second-order valence-corrected chi connectivity index (χ2v) is 5.47. The Hall–Kier alpha value is -0.820. The topological polar surface area (TPSA) is 12.0 Å². The molecule has 0 aliphatic heterocycles. The Bertz CT molecular complexity index is 325. The SMILES string of the molecule is c1ccc(C(CNC2CC2)CC2CC2)cc1. The predicted molar refractivity (Wildman–Crippen MR) is 67.5 cm³/mol.